The molecular weight excluding hydrogens is 352 g/mol. The number of rotatable bonds is 6. The molecule has 2 aromatic carbocycles. The third-order valence-corrected chi connectivity index (χ3v) is 4.05. The first-order valence-electron chi connectivity index (χ1n) is 6.58. The minimum atomic E-state index is -0.119. The van der Waals surface area contributed by atoms with E-state index >= 15 is 0 Å². The summed E-state index contributed by atoms with van der Waals surface area (Å²) in [5.74, 6) is -0.0932. The first kappa shape index (κ1) is 15.9. The van der Waals surface area contributed by atoms with Gasteiger partial charge in [0.15, 0.2) is 5.78 Å². The van der Waals surface area contributed by atoms with Gasteiger partial charge in [0, 0.05) is 27.9 Å². The van der Waals surface area contributed by atoms with E-state index in [2.05, 4.69) is 15.9 Å². The molecule has 0 bridgehead atoms. The monoisotopic (exact) mass is 364 g/mol. The minimum absolute atomic E-state index is 0.0260. The Morgan fingerprint density at radius 2 is 1.90 bits per heavy atom. The Hall–Kier alpha value is -1.45. The van der Waals surface area contributed by atoms with Crippen LogP contribution in [0.15, 0.2) is 53.0 Å². The molecule has 4 heteroatoms. The standard InChI is InChI=1S/C17H14BrClO2/c18-15-3-1-2-14(10-15)17(21)11-13(8-9-20)12-4-6-16(19)7-5-12/h1-7,9-10,13H,8,11H2/t13-/m0/s1. The van der Waals surface area contributed by atoms with Gasteiger partial charge in [-0.25, -0.2) is 0 Å². The van der Waals surface area contributed by atoms with E-state index in [1.165, 1.54) is 0 Å². The highest BCUT2D eigenvalue weighted by atomic mass is 79.9. The summed E-state index contributed by atoms with van der Waals surface area (Å²) < 4.78 is 0.867. The molecule has 0 unspecified atom stereocenters. The summed E-state index contributed by atoms with van der Waals surface area (Å²) in [5, 5.41) is 0.641. The van der Waals surface area contributed by atoms with Crippen molar-refractivity contribution in [2.45, 2.75) is 18.8 Å². The number of Topliss-reactive ketones (excluding diaryl/α,β-unsaturated/α-hetero) is 1. The summed E-state index contributed by atoms with van der Waals surface area (Å²) in [7, 11) is 0. The predicted octanol–water partition coefficient (Wildman–Crippen LogP) is 5.05. The fourth-order valence-corrected chi connectivity index (χ4v) is 2.72. The number of ketones is 1. The molecule has 0 aliphatic heterocycles. The second-order valence-corrected chi connectivity index (χ2v) is 6.14. The molecule has 0 heterocycles. The molecule has 0 saturated heterocycles. The lowest BCUT2D eigenvalue weighted by molar-refractivity contribution is -0.108. The predicted molar refractivity (Wildman–Crippen MR) is 88.0 cm³/mol. The maximum Gasteiger partial charge on any atom is 0.163 e. The molecule has 21 heavy (non-hydrogen) atoms. The van der Waals surface area contributed by atoms with Gasteiger partial charge in [0.25, 0.3) is 0 Å². The summed E-state index contributed by atoms with van der Waals surface area (Å²) >= 11 is 9.23. The highest BCUT2D eigenvalue weighted by molar-refractivity contribution is 9.10. The quantitative estimate of drug-likeness (QED) is 0.530. The SMILES string of the molecule is O=CC[C@@H](CC(=O)c1cccc(Br)c1)c1ccc(Cl)cc1. The molecule has 0 aliphatic rings. The molecule has 0 saturated carbocycles. The number of carbonyl (C=O) groups excluding carboxylic acids is 2. The van der Waals surface area contributed by atoms with E-state index in [0.29, 0.717) is 23.4 Å². The van der Waals surface area contributed by atoms with Crippen molar-refractivity contribution in [1.82, 2.24) is 0 Å². The van der Waals surface area contributed by atoms with Gasteiger partial charge in [-0.15, -0.1) is 0 Å². The summed E-state index contributed by atoms with van der Waals surface area (Å²) in [6, 6.07) is 14.6. The van der Waals surface area contributed by atoms with Gasteiger partial charge in [-0.2, -0.15) is 0 Å². The Bertz CT molecular complexity index is 637. The highest BCUT2D eigenvalue weighted by Crippen LogP contribution is 2.26. The van der Waals surface area contributed by atoms with Crippen molar-refractivity contribution in [3.8, 4) is 0 Å². The largest absolute Gasteiger partial charge is 0.303 e. The van der Waals surface area contributed by atoms with Gasteiger partial charge >= 0.3 is 0 Å². The molecule has 0 fully saturated rings. The van der Waals surface area contributed by atoms with E-state index in [9.17, 15) is 9.59 Å². The first-order chi connectivity index (χ1) is 10.1. The lowest BCUT2D eigenvalue weighted by Crippen LogP contribution is -2.08. The van der Waals surface area contributed by atoms with Gasteiger partial charge in [0.05, 0.1) is 0 Å². The van der Waals surface area contributed by atoms with Crippen molar-refractivity contribution >= 4 is 39.6 Å². The molecule has 1 atom stereocenters. The fourth-order valence-electron chi connectivity index (χ4n) is 2.19. The molecular formula is C17H14BrClO2. The van der Waals surface area contributed by atoms with E-state index < -0.39 is 0 Å². The van der Waals surface area contributed by atoms with E-state index in [4.69, 9.17) is 11.6 Å². The van der Waals surface area contributed by atoms with Gasteiger partial charge in [-0.05, 0) is 35.7 Å². The highest BCUT2D eigenvalue weighted by Gasteiger charge is 2.17. The lowest BCUT2D eigenvalue weighted by atomic mass is 9.89. The second-order valence-electron chi connectivity index (χ2n) is 4.79. The van der Waals surface area contributed by atoms with E-state index in [1.54, 1.807) is 24.3 Å². The van der Waals surface area contributed by atoms with Crippen molar-refractivity contribution < 1.29 is 9.59 Å². The van der Waals surface area contributed by atoms with Crippen LogP contribution in [0, 0.1) is 0 Å². The zero-order valence-electron chi connectivity index (χ0n) is 11.3. The van der Waals surface area contributed by atoms with Gasteiger partial charge in [0.2, 0.25) is 0 Å². The average Bonchev–Trinajstić information content (AvgIpc) is 2.47. The summed E-state index contributed by atoms with van der Waals surface area (Å²) in [5.41, 5.74) is 1.60. The molecule has 0 aromatic heterocycles. The molecule has 0 radical (unpaired) electrons. The Kier molecular flexibility index (Phi) is 5.71. The molecule has 108 valence electrons. The van der Waals surface area contributed by atoms with Crippen LogP contribution in [0.3, 0.4) is 0 Å². The molecule has 0 amide bonds. The Balaban J connectivity index is 2.18. The van der Waals surface area contributed by atoms with Crippen LogP contribution in [-0.2, 0) is 4.79 Å². The van der Waals surface area contributed by atoms with Crippen molar-refractivity contribution in [3.05, 3.63) is 69.2 Å². The maximum atomic E-state index is 12.4. The zero-order valence-corrected chi connectivity index (χ0v) is 13.6. The topological polar surface area (TPSA) is 34.1 Å². The Labute approximate surface area is 137 Å². The number of hydrogen-bond acceptors (Lipinski definition) is 2. The summed E-state index contributed by atoms with van der Waals surface area (Å²) in [6.45, 7) is 0. The Morgan fingerprint density at radius 1 is 1.19 bits per heavy atom. The average molecular weight is 366 g/mol. The number of aldehydes is 1. The van der Waals surface area contributed by atoms with Crippen LogP contribution in [0.2, 0.25) is 5.02 Å². The van der Waals surface area contributed by atoms with Crippen molar-refractivity contribution in [2.75, 3.05) is 0 Å². The van der Waals surface area contributed by atoms with E-state index in [0.717, 1.165) is 16.3 Å². The molecule has 0 N–H and O–H groups in total. The maximum absolute atomic E-state index is 12.4. The summed E-state index contributed by atoms with van der Waals surface area (Å²) in [6.07, 6.45) is 1.48. The number of hydrogen-bond donors (Lipinski definition) is 0. The van der Waals surface area contributed by atoms with Crippen LogP contribution in [0.25, 0.3) is 0 Å². The van der Waals surface area contributed by atoms with Gasteiger partial charge in [0.1, 0.15) is 6.29 Å². The van der Waals surface area contributed by atoms with Crippen LogP contribution in [0.4, 0.5) is 0 Å². The zero-order chi connectivity index (χ0) is 15.2. The van der Waals surface area contributed by atoms with Gasteiger partial charge in [-0.3, -0.25) is 4.79 Å². The van der Waals surface area contributed by atoms with Crippen LogP contribution in [0.5, 0.6) is 0 Å². The molecule has 0 aliphatic carbocycles. The van der Waals surface area contributed by atoms with Gasteiger partial charge < -0.3 is 4.79 Å². The molecule has 2 rings (SSSR count). The number of halogens is 2. The fraction of sp³-hybridized carbons (Fsp3) is 0.176. The normalized spacial score (nSPS) is 11.9. The van der Waals surface area contributed by atoms with Crippen molar-refractivity contribution in [2.24, 2.45) is 0 Å². The summed E-state index contributed by atoms with van der Waals surface area (Å²) in [4.78, 5) is 23.2. The third kappa shape index (κ3) is 4.51. The smallest absolute Gasteiger partial charge is 0.163 e. The number of benzene rings is 2. The van der Waals surface area contributed by atoms with E-state index in [1.807, 2.05) is 24.3 Å². The molecule has 2 aromatic rings. The second kappa shape index (κ2) is 7.53. The Morgan fingerprint density at radius 3 is 2.52 bits per heavy atom. The van der Waals surface area contributed by atoms with E-state index in [-0.39, 0.29) is 11.7 Å². The number of carbonyl (C=O) groups is 2. The first-order valence-corrected chi connectivity index (χ1v) is 7.75. The van der Waals surface area contributed by atoms with Crippen molar-refractivity contribution in [3.63, 3.8) is 0 Å². The minimum Gasteiger partial charge on any atom is -0.303 e. The van der Waals surface area contributed by atoms with Crippen LogP contribution in [-0.4, -0.2) is 12.1 Å². The lowest BCUT2D eigenvalue weighted by Gasteiger charge is -2.14. The van der Waals surface area contributed by atoms with Crippen LogP contribution < -0.4 is 0 Å². The van der Waals surface area contributed by atoms with Gasteiger partial charge in [-0.1, -0.05) is 51.8 Å². The van der Waals surface area contributed by atoms with Crippen LogP contribution >= 0.6 is 27.5 Å². The third-order valence-electron chi connectivity index (χ3n) is 3.30. The molecule has 0 spiro atoms. The van der Waals surface area contributed by atoms with Crippen molar-refractivity contribution in [1.29, 1.82) is 0 Å². The van der Waals surface area contributed by atoms with Crippen LogP contribution in [0.1, 0.15) is 34.7 Å². The molecule has 2 nitrogen and oxygen atoms in total.